The summed E-state index contributed by atoms with van der Waals surface area (Å²) in [5, 5.41) is 13.3. The van der Waals surface area contributed by atoms with Crippen molar-refractivity contribution in [1.29, 1.82) is 5.26 Å². The Labute approximate surface area is 113 Å². The van der Waals surface area contributed by atoms with Gasteiger partial charge in [-0.2, -0.15) is 5.26 Å². The summed E-state index contributed by atoms with van der Waals surface area (Å²) in [6.07, 6.45) is 1.74. The molecule has 4 heteroatoms. The fourth-order valence-corrected chi connectivity index (χ4v) is 1.93. The average molecular weight is 255 g/mol. The first-order chi connectivity index (χ1) is 9.18. The number of nitriles is 1. The lowest BCUT2D eigenvalue weighted by atomic mass is 10.1. The molecule has 0 amide bonds. The third-order valence-corrected chi connectivity index (χ3v) is 2.93. The molecule has 0 fully saturated rings. The molecule has 1 N–H and O–H groups in total. The van der Waals surface area contributed by atoms with Crippen molar-refractivity contribution >= 4 is 10.9 Å². The molecule has 1 heterocycles. The van der Waals surface area contributed by atoms with Crippen molar-refractivity contribution in [3.05, 3.63) is 36.5 Å². The summed E-state index contributed by atoms with van der Waals surface area (Å²) < 4.78 is 5.78. The summed E-state index contributed by atoms with van der Waals surface area (Å²) in [4.78, 5) is 4.33. The molecule has 0 spiro atoms. The molecule has 19 heavy (non-hydrogen) atoms. The smallest absolute Gasteiger partial charge is 0.145 e. The van der Waals surface area contributed by atoms with Crippen molar-refractivity contribution in [1.82, 2.24) is 10.3 Å². The zero-order chi connectivity index (χ0) is 13.7. The summed E-state index contributed by atoms with van der Waals surface area (Å²) in [5.74, 6) is 0.706. The number of hydrogen-bond donors (Lipinski definition) is 1. The van der Waals surface area contributed by atoms with Gasteiger partial charge in [-0.3, -0.25) is 10.3 Å². The molecule has 2 aromatic rings. The van der Waals surface area contributed by atoms with Gasteiger partial charge in [0.2, 0.25) is 0 Å². The van der Waals surface area contributed by atoms with Gasteiger partial charge in [-0.1, -0.05) is 25.1 Å². The van der Waals surface area contributed by atoms with Crippen molar-refractivity contribution in [2.75, 3.05) is 13.2 Å². The van der Waals surface area contributed by atoms with Crippen molar-refractivity contribution in [2.24, 2.45) is 0 Å². The normalized spacial score (nSPS) is 13.7. The van der Waals surface area contributed by atoms with E-state index in [0.29, 0.717) is 5.75 Å². The second-order valence-electron chi connectivity index (χ2n) is 4.59. The van der Waals surface area contributed by atoms with E-state index in [1.165, 1.54) is 0 Å². The standard InChI is InChI=1S/C15H17N3O/c1-3-18-15(2,10-16)11-19-13-8-4-6-12-7-5-9-17-14(12)13/h4-9,18H,3,11H2,1-2H3. The van der Waals surface area contributed by atoms with Gasteiger partial charge in [-0.05, 0) is 25.6 Å². The van der Waals surface area contributed by atoms with Gasteiger partial charge in [0.25, 0.3) is 0 Å². The highest BCUT2D eigenvalue weighted by molar-refractivity contribution is 5.84. The van der Waals surface area contributed by atoms with E-state index >= 15 is 0 Å². The van der Waals surface area contributed by atoms with E-state index in [0.717, 1.165) is 17.4 Å². The van der Waals surface area contributed by atoms with E-state index in [1.54, 1.807) is 6.20 Å². The van der Waals surface area contributed by atoms with Crippen LogP contribution in [0.25, 0.3) is 10.9 Å². The molecule has 1 unspecified atom stereocenters. The average Bonchev–Trinajstić information content (AvgIpc) is 2.45. The van der Waals surface area contributed by atoms with Crippen LogP contribution >= 0.6 is 0 Å². The van der Waals surface area contributed by atoms with Crippen molar-refractivity contribution in [3.8, 4) is 11.8 Å². The number of fused-ring (bicyclic) bond motifs is 1. The van der Waals surface area contributed by atoms with Crippen LogP contribution in [0.4, 0.5) is 0 Å². The van der Waals surface area contributed by atoms with Gasteiger partial charge in [-0.15, -0.1) is 0 Å². The largest absolute Gasteiger partial charge is 0.488 e. The van der Waals surface area contributed by atoms with Crippen LogP contribution in [-0.2, 0) is 0 Å². The molecule has 1 atom stereocenters. The minimum absolute atomic E-state index is 0.285. The first kappa shape index (κ1) is 13.3. The van der Waals surface area contributed by atoms with Crippen LogP contribution in [0.15, 0.2) is 36.5 Å². The van der Waals surface area contributed by atoms with Crippen LogP contribution in [0.5, 0.6) is 5.75 Å². The summed E-state index contributed by atoms with van der Waals surface area (Å²) >= 11 is 0. The quantitative estimate of drug-likeness (QED) is 0.891. The second kappa shape index (κ2) is 5.68. The predicted molar refractivity (Wildman–Crippen MR) is 74.9 cm³/mol. The highest BCUT2D eigenvalue weighted by Crippen LogP contribution is 2.23. The second-order valence-corrected chi connectivity index (χ2v) is 4.59. The predicted octanol–water partition coefficient (Wildman–Crippen LogP) is 2.51. The molecule has 0 saturated carbocycles. The number of para-hydroxylation sites is 1. The summed E-state index contributed by atoms with van der Waals surface area (Å²) in [6.45, 7) is 4.80. The fourth-order valence-electron chi connectivity index (χ4n) is 1.93. The van der Waals surface area contributed by atoms with Gasteiger partial charge in [0.15, 0.2) is 0 Å². The Balaban J connectivity index is 2.21. The lowest BCUT2D eigenvalue weighted by Gasteiger charge is -2.22. The zero-order valence-electron chi connectivity index (χ0n) is 11.2. The number of nitrogens with zero attached hydrogens (tertiary/aromatic N) is 2. The van der Waals surface area contributed by atoms with Crippen LogP contribution in [0.1, 0.15) is 13.8 Å². The molecule has 0 aliphatic rings. The van der Waals surface area contributed by atoms with Gasteiger partial charge < -0.3 is 4.74 Å². The molecule has 0 aliphatic heterocycles. The molecule has 0 saturated heterocycles. The van der Waals surface area contributed by atoms with Crippen molar-refractivity contribution in [2.45, 2.75) is 19.4 Å². The Morgan fingerprint density at radius 2 is 2.16 bits per heavy atom. The summed E-state index contributed by atoms with van der Waals surface area (Å²) in [7, 11) is 0. The first-order valence-corrected chi connectivity index (χ1v) is 6.31. The number of likely N-dealkylation sites (N-methyl/N-ethyl adjacent to an activating group) is 1. The topological polar surface area (TPSA) is 57.9 Å². The lowest BCUT2D eigenvalue weighted by Crippen LogP contribution is -2.46. The van der Waals surface area contributed by atoms with Crippen LogP contribution in [0, 0.1) is 11.3 Å². The van der Waals surface area contributed by atoms with Gasteiger partial charge in [0.1, 0.15) is 23.4 Å². The maximum atomic E-state index is 9.20. The van der Waals surface area contributed by atoms with E-state index in [4.69, 9.17) is 4.74 Å². The van der Waals surface area contributed by atoms with Crippen LogP contribution < -0.4 is 10.1 Å². The van der Waals surface area contributed by atoms with E-state index in [-0.39, 0.29) is 6.61 Å². The Morgan fingerprint density at radius 1 is 1.37 bits per heavy atom. The molecular weight excluding hydrogens is 238 g/mol. The number of pyridine rings is 1. The van der Waals surface area contributed by atoms with Gasteiger partial charge in [-0.25, -0.2) is 0 Å². The summed E-state index contributed by atoms with van der Waals surface area (Å²) in [5.41, 5.74) is 0.132. The maximum absolute atomic E-state index is 9.20. The van der Waals surface area contributed by atoms with Crippen LogP contribution in [-0.4, -0.2) is 23.7 Å². The molecule has 4 nitrogen and oxygen atoms in total. The van der Waals surface area contributed by atoms with E-state index in [2.05, 4.69) is 16.4 Å². The molecule has 0 aliphatic carbocycles. The van der Waals surface area contributed by atoms with Crippen molar-refractivity contribution in [3.63, 3.8) is 0 Å². The fraction of sp³-hybridized carbons (Fsp3) is 0.333. The highest BCUT2D eigenvalue weighted by atomic mass is 16.5. The molecule has 0 bridgehead atoms. The van der Waals surface area contributed by atoms with Crippen molar-refractivity contribution < 1.29 is 4.74 Å². The summed E-state index contributed by atoms with van der Waals surface area (Å²) in [6, 6.07) is 11.9. The Hall–Kier alpha value is -2.12. The molecule has 0 radical (unpaired) electrons. The Kier molecular flexibility index (Phi) is 3.98. The maximum Gasteiger partial charge on any atom is 0.145 e. The highest BCUT2D eigenvalue weighted by Gasteiger charge is 2.23. The first-order valence-electron chi connectivity index (χ1n) is 6.31. The van der Waals surface area contributed by atoms with Gasteiger partial charge in [0.05, 0.1) is 6.07 Å². The van der Waals surface area contributed by atoms with Gasteiger partial charge in [0, 0.05) is 11.6 Å². The number of ether oxygens (including phenoxy) is 1. The molecular formula is C15H17N3O. The number of aromatic nitrogens is 1. The van der Waals surface area contributed by atoms with Crippen LogP contribution in [0.3, 0.4) is 0 Å². The molecule has 1 aromatic heterocycles. The molecule has 1 aromatic carbocycles. The number of nitrogens with one attached hydrogen (secondary N) is 1. The van der Waals surface area contributed by atoms with E-state index in [9.17, 15) is 5.26 Å². The number of hydrogen-bond acceptors (Lipinski definition) is 4. The van der Waals surface area contributed by atoms with E-state index < -0.39 is 5.54 Å². The minimum Gasteiger partial charge on any atom is -0.488 e. The SMILES string of the molecule is CCNC(C)(C#N)COc1cccc2cccnc12. The third-order valence-electron chi connectivity index (χ3n) is 2.93. The zero-order valence-corrected chi connectivity index (χ0v) is 11.2. The third kappa shape index (κ3) is 3.01. The Morgan fingerprint density at radius 3 is 2.89 bits per heavy atom. The monoisotopic (exact) mass is 255 g/mol. The Bertz CT molecular complexity index is 600. The van der Waals surface area contributed by atoms with Crippen LogP contribution in [0.2, 0.25) is 0 Å². The number of rotatable bonds is 5. The molecule has 2 rings (SSSR count). The van der Waals surface area contributed by atoms with E-state index in [1.807, 2.05) is 44.2 Å². The van der Waals surface area contributed by atoms with Gasteiger partial charge >= 0.3 is 0 Å². The number of benzene rings is 1. The molecule has 98 valence electrons. The minimum atomic E-state index is -0.689. The lowest BCUT2D eigenvalue weighted by molar-refractivity contribution is 0.238.